The third kappa shape index (κ3) is 1.53. The molecule has 5 nitrogen and oxygen atoms in total. The van der Waals surface area contributed by atoms with E-state index in [1.54, 1.807) is 0 Å². The van der Waals surface area contributed by atoms with Crippen molar-refractivity contribution in [2.24, 2.45) is 5.92 Å². The molecule has 1 heterocycles. The molecule has 0 aromatic carbocycles. The molecule has 1 aromatic rings. The maximum Gasteiger partial charge on any atom is 0.354 e. The van der Waals surface area contributed by atoms with Crippen LogP contribution in [0.15, 0.2) is 10.9 Å². The molecule has 0 aliphatic heterocycles. The number of aromatic nitrogens is 2. The number of hydrogen-bond acceptors (Lipinski definition) is 3. The standard InChI is InChI=1S/C9H10N2O3/c1-4-2-5(4)8-10-6(9(13)14)3-7(12)11-8/h3-5H,2H2,1H3,(H,13,14)(H,10,11,12)/t4-,5-/m1/s1. The van der Waals surface area contributed by atoms with Gasteiger partial charge in [-0.25, -0.2) is 9.78 Å². The molecule has 0 saturated heterocycles. The van der Waals surface area contributed by atoms with Crippen molar-refractivity contribution >= 4 is 5.97 Å². The second kappa shape index (κ2) is 2.94. The Morgan fingerprint density at radius 2 is 2.36 bits per heavy atom. The van der Waals surface area contributed by atoms with Crippen molar-refractivity contribution in [1.29, 1.82) is 0 Å². The highest BCUT2D eigenvalue weighted by Gasteiger charge is 2.36. The lowest BCUT2D eigenvalue weighted by molar-refractivity contribution is 0.0689. The number of hydrogen-bond donors (Lipinski definition) is 2. The quantitative estimate of drug-likeness (QED) is 0.721. The molecule has 1 aliphatic rings. The monoisotopic (exact) mass is 194 g/mol. The Labute approximate surface area is 79.8 Å². The van der Waals surface area contributed by atoms with Crippen LogP contribution in [0.25, 0.3) is 0 Å². The van der Waals surface area contributed by atoms with Crippen molar-refractivity contribution < 1.29 is 9.90 Å². The zero-order valence-corrected chi connectivity index (χ0v) is 7.65. The van der Waals surface area contributed by atoms with E-state index in [2.05, 4.69) is 9.97 Å². The maximum atomic E-state index is 11.1. The molecule has 0 bridgehead atoms. The minimum absolute atomic E-state index is 0.178. The van der Waals surface area contributed by atoms with Crippen molar-refractivity contribution in [3.05, 3.63) is 27.9 Å². The van der Waals surface area contributed by atoms with Crippen molar-refractivity contribution in [1.82, 2.24) is 9.97 Å². The molecule has 14 heavy (non-hydrogen) atoms. The molecule has 74 valence electrons. The van der Waals surface area contributed by atoms with Crippen molar-refractivity contribution in [3.8, 4) is 0 Å². The van der Waals surface area contributed by atoms with Crippen LogP contribution in [-0.2, 0) is 0 Å². The Balaban J connectivity index is 2.42. The van der Waals surface area contributed by atoms with Gasteiger partial charge in [0.2, 0.25) is 0 Å². The van der Waals surface area contributed by atoms with Gasteiger partial charge in [0.05, 0.1) is 0 Å². The van der Waals surface area contributed by atoms with Gasteiger partial charge in [0.15, 0.2) is 5.69 Å². The summed E-state index contributed by atoms with van der Waals surface area (Å²) in [5.41, 5.74) is -0.575. The zero-order chi connectivity index (χ0) is 10.3. The lowest BCUT2D eigenvalue weighted by atomic mass is 10.3. The number of H-pyrrole nitrogens is 1. The highest BCUT2D eigenvalue weighted by Crippen LogP contribution is 2.44. The summed E-state index contributed by atoms with van der Waals surface area (Å²) >= 11 is 0. The summed E-state index contributed by atoms with van der Waals surface area (Å²) in [6, 6.07) is 0.999. The first kappa shape index (κ1) is 8.93. The Kier molecular flexibility index (Phi) is 1.87. The van der Waals surface area contributed by atoms with E-state index >= 15 is 0 Å². The molecule has 1 aromatic heterocycles. The minimum Gasteiger partial charge on any atom is -0.477 e. The molecule has 0 radical (unpaired) electrons. The summed E-state index contributed by atoms with van der Waals surface area (Å²) < 4.78 is 0. The van der Waals surface area contributed by atoms with E-state index in [0.717, 1.165) is 12.5 Å². The third-order valence-corrected chi connectivity index (χ3v) is 2.44. The Morgan fingerprint density at radius 1 is 1.71 bits per heavy atom. The molecule has 0 amide bonds. The Morgan fingerprint density at radius 3 is 2.86 bits per heavy atom. The first-order valence-electron chi connectivity index (χ1n) is 4.42. The van der Waals surface area contributed by atoms with Crippen LogP contribution in [0.4, 0.5) is 0 Å². The van der Waals surface area contributed by atoms with Gasteiger partial charge in [0.25, 0.3) is 5.56 Å². The molecule has 0 unspecified atom stereocenters. The largest absolute Gasteiger partial charge is 0.477 e. The van der Waals surface area contributed by atoms with Crippen LogP contribution in [0.2, 0.25) is 0 Å². The summed E-state index contributed by atoms with van der Waals surface area (Å²) in [5.74, 6) is 0.0530. The van der Waals surface area contributed by atoms with Crippen molar-refractivity contribution in [2.45, 2.75) is 19.3 Å². The summed E-state index contributed by atoms with van der Waals surface area (Å²) in [4.78, 5) is 28.2. The summed E-state index contributed by atoms with van der Waals surface area (Å²) in [6.07, 6.45) is 0.964. The predicted molar refractivity (Wildman–Crippen MR) is 48.3 cm³/mol. The average Bonchev–Trinajstić information content (AvgIpc) is 2.81. The third-order valence-electron chi connectivity index (χ3n) is 2.44. The van der Waals surface area contributed by atoms with E-state index < -0.39 is 11.5 Å². The van der Waals surface area contributed by atoms with Crippen LogP contribution in [-0.4, -0.2) is 21.0 Å². The van der Waals surface area contributed by atoms with Crippen LogP contribution in [0.1, 0.15) is 35.6 Å². The molecule has 2 atom stereocenters. The minimum atomic E-state index is -1.16. The molecular weight excluding hydrogens is 184 g/mol. The number of nitrogens with one attached hydrogen (secondary N) is 1. The molecule has 5 heteroatoms. The summed E-state index contributed by atoms with van der Waals surface area (Å²) in [7, 11) is 0. The van der Waals surface area contributed by atoms with Gasteiger partial charge in [0.1, 0.15) is 5.82 Å². The number of aromatic carboxylic acids is 1. The van der Waals surface area contributed by atoms with Crippen LogP contribution in [0.3, 0.4) is 0 Å². The van der Waals surface area contributed by atoms with Gasteiger partial charge in [-0.05, 0) is 12.3 Å². The lowest BCUT2D eigenvalue weighted by Crippen LogP contribution is -2.15. The Hall–Kier alpha value is -1.65. The van der Waals surface area contributed by atoms with Gasteiger partial charge in [-0.15, -0.1) is 0 Å². The van der Waals surface area contributed by atoms with Crippen LogP contribution >= 0.6 is 0 Å². The Bertz CT molecular complexity index is 438. The number of rotatable bonds is 2. The van der Waals surface area contributed by atoms with Gasteiger partial charge in [0, 0.05) is 12.0 Å². The topological polar surface area (TPSA) is 83.0 Å². The van der Waals surface area contributed by atoms with E-state index in [1.165, 1.54) is 0 Å². The molecule has 1 aliphatic carbocycles. The van der Waals surface area contributed by atoms with E-state index in [-0.39, 0.29) is 11.6 Å². The molecule has 2 rings (SSSR count). The van der Waals surface area contributed by atoms with E-state index in [4.69, 9.17) is 5.11 Å². The molecule has 1 saturated carbocycles. The number of nitrogens with zero attached hydrogens (tertiary/aromatic N) is 1. The van der Waals surface area contributed by atoms with Crippen molar-refractivity contribution in [2.75, 3.05) is 0 Å². The summed E-state index contributed by atoms with van der Waals surface area (Å²) in [5, 5.41) is 8.69. The van der Waals surface area contributed by atoms with Crippen molar-refractivity contribution in [3.63, 3.8) is 0 Å². The van der Waals surface area contributed by atoms with Crippen LogP contribution < -0.4 is 5.56 Å². The number of carbonyl (C=O) groups is 1. The smallest absolute Gasteiger partial charge is 0.354 e. The van der Waals surface area contributed by atoms with Gasteiger partial charge in [-0.3, -0.25) is 4.79 Å². The second-order valence-corrected chi connectivity index (χ2v) is 3.64. The number of aromatic amines is 1. The molecular formula is C9H10N2O3. The van der Waals surface area contributed by atoms with Crippen LogP contribution in [0.5, 0.6) is 0 Å². The highest BCUT2D eigenvalue weighted by molar-refractivity contribution is 5.85. The fraction of sp³-hybridized carbons (Fsp3) is 0.444. The maximum absolute atomic E-state index is 11.1. The van der Waals surface area contributed by atoms with E-state index in [9.17, 15) is 9.59 Å². The normalized spacial score (nSPS) is 24.6. The average molecular weight is 194 g/mol. The molecule has 0 spiro atoms. The number of carboxylic acid groups (broad SMARTS) is 1. The van der Waals surface area contributed by atoms with Gasteiger partial charge in [-0.2, -0.15) is 0 Å². The lowest BCUT2D eigenvalue weighted by Gasteiger charge is -1.98. The zero-order valence-electron chi connectivity index (χ0n) is 7.65. The molecule has 1 fully saturated rings. The van der Waals surface area contributed by atoms with E-state index in [0.29, 0.717) is 11.7 Å². The number of carboxylic acids is 1. The summed E-state index contributed by atoms with van der Waals surface area (Å²) in [6.45, 7) is 2.04. The first-order valence-corrected chi connectivity index (χ1v) is 4.42. The second-order valence-electron chi connectivity index (χ2n) is 3.64. The van der Waals surface area contributed by atoms with Gasteiger partial charge in [-0.1, -0.05) is 6.92 Å². The molecule has 2 N–H and O–H groups in total. The predicted octanol–water partition coefficient (Wildman–Crippen LogP) is 0.591. The van der Waals surface area contributed by atoms with Gasteiger partial charge >= 0.3 is 5.97 Å². The fourth-order valence-corrected chi connectivity index (χ4v) is 1.46. The van der Waals surface area contributed by atoms with E-state index in [1.807, 2.05) is 6.92 Å². The SMILES string of the molecule is C[C@@H]1C[C@H]1c1nc(C(=O)O)cc(=O)[nH]1. The van der Waals surface area contributed by atoms with Crippen LogP contribution in [0, 0.1) is 5.92 Å². The highest BCUT2D eigenvalue weighted by atomic mass is 16.4. The fourth-order valence-electron chi connectivity index (χ4n) is 1.46. The van der Waals surface area contributed by atoms with Gasteiger partial charge < -0.3 is 10.1 Å². The first-order chi connectivity index (χ1) is 6.58.